The zero-order valence-corrected chi connectivity index (χ0v) is 7.08. The second-order valence-corrected chi connectivity index (χ2v) is 2.39. The van der Waals surface area contributed by atoms with Crippen LogP contribution in [0.2, 0.25) is 0 Å². The highest BCUT2D eigenvalue weighted by molar-refractivity contribution is 5.13. The lowest BCUT2D eigenvalue weighted by Gasteiger charge is -2.05. The molecule has 1 aromatic rings. The fraction of sp³-hybridized carbons (Fsp3) is 0.429. The Morgan fingerprint density at radius 2 is 2.00 bits per heavy atom. The largest absolute Gasteiger partial charge is 0.475 e. The number of hydrogen-bond donors (Lipinski definition) is 1. The first-order valence-corrected chi connectivity index (χ1v) is 3.78. The maximum Gasteiger partial charge on any atom is 0.435 e. The first kappa shape index (κ1) is 10.7. The minimum Gasteiger partial charge on any atom is -0.475 e. The van der Waals surface area contributed by atoms with E-state index in [4.69, 9.17) is 10.5 Å². The Bertz CT molecular complexity index is 285. The van der Waals surface area contributed by atoms with Gasteiger partial charge in [-0.2, -0.15) is 13.2 Å². The van der Waals surface area contributed by atoms with Gasteiger partial charge in [-0.1, -0.05) is 0 Å². The van der Waals surface area contributed by atoms with Crippen molar-refractivity contribution < 1.29 is 17.9 Å². The van der Waals surface area contributed by atoms with Gasteiger partial charge >= 0.3 is 6.18 Å². The summed E-state index contributed by atoms with van der Waals surface area (Å²) in [6.45, 7) is 0.461. The number of ether oxygens (including phenoxy) is 1. The van der Waals surface area contributed by atoms with Crippen LogP contribution >= 0.6 is 0 Å². The summed E-state index contributed by atoms with van der Waals surface area (Å²) in [5.41, 5.74) is 4.08. The molecular formula is C7H8F3N3O. The lowest BCUT2D eigenvalue weighted by molar-refractivity contribution is -0.141. The molecule has 1 heterocycles. The van der Waals surface area contributed by atoms with E-state index < -0.39 is 11.9 Å². The summed E-state index contributed by atoms with van der Waals surface area (Å²) >= 11 is 0. The molecule has 0 aliphatic heterocycles. The Hall–Kier alpha value is -1.37. The number of alkyl halides is 3. The molecule has 4 nitrogen and oxygen atoms in total. The Morgan fingerprint density at radius 1 is 1.29 bits per heavy atom. The maximum atomic E-state index is 12.0. The summed E-state index contributed by atoms with van der Waals surface area (Å²) in [6, 6.07) is 1.91. The normalized spacial score (nSPS) is 11.4. The first-order valence-electron chi connectivity index (χ1n) is 3.78. The van der Waals surface area contributed by atoms with Crippen LogP contribution in [-0.4, -0.2) is 23.3 Å². The van der Waals surface area contributed by atoms with E-state index in [2.05, 4.69) is 10.2 Å². The summed E-state index contributed by atoms with van der Waals surface area (Å²) in [5.74, 6) is 0.0310. The summed E-state index contributed by atoms with van der Waals surface area (Å²) in [5, 5.41) is 6.20. The van der Waals surface area contributed by atoms with Gasteiger partial charge in [0.2, 0.25) is 5.88 Å². The van der Waals surface area contributed by atoms with Crippen LogP contribution in [0.15, 0.2) is 12.1 Å². The molecule has 0 spiro atoms. The molecule has 0 saturated carbocycles. The zero-order valence-electron chi connectivity index (χ0n) is 7.08. The van der Waals surface area contributed by atoms with Crippen molar-refractivity contribution >= 4 is 0 Å². The predicted octanol–water partition coefficient (Wildman–Crippen LogP) is 0.833. The fourth-order valence-corrected chi connectivity index (χ4v) is 0.712. The van der Waals surface area contributed by atoms with Crippen LogP contribution in [-0.2, 0) is 6.18 Å². The van der Waals surface area contributed by atoms with Gasteiger partial charge in [0.15, 0.2) is 5.69 Å². The molecule has 78 valence electrons. The zero-order chi connectivity index (χ0) is 10.6. The number of nitrogens with two attached hydrogens (primary N) is 1. The van der Waals surface area contributed by atoms with Crippen LogP contribution in [0.3, 0.4) is 0 Å². The van der Waals surface area contributed by atoms with Crippen LogP contribution in [0, 0.1) is 0 Å². The van der Waals surface area contributed by atoms with Gasteiger partial charge in [0.1, 0.15) is 6.61 Å². The molecule has 2 N–H and O–H groups in total. The molecule has 7 heteroatoms. The average Bonchev–Trinajstić information content (AvgIpc) is 2.14. The fourth-order valence-electron chi connectivity index (χ4n) is 0.712. The molecule has 0 fully saturated rings. The standard InChI is InChI=1S/C7H8F3N3O/c8-7(9,10)5-1-2-6(13-12-5)14-4-3-11/h1-2H,3-4,11H2. The van der Waals surface area contributed by atoms with Crippen molar-refractivity contribution in [2.75, 3.05) is 13.2 Å². The highest BCUT2D eigenvalue weighted by Gasteiger charge is 2.32. The molecule has 0 aliphatic carbocycles. The molecule has 0 amide bonds. The van der Waals surface area contributed by atoms with Gasteiger partial charge < -0.3 is 10.5 Å². The minimum absolute atomic E-state index is 0.0310. The Labute approximate surface area is 77.9 Å². The van der Waals surface area contributed by atoms with Gasteiger partial charge in [-0.15, -0.1) is 10.2 Å². The third-order valence-electron chi connectivity index (χ3n) is 1.30. The molecule has 1 rings (SSSR count). The number of halogens is 3. The second kappa shape index (κ2) is 4.23. The van der Waals surface area contributed by atoms with Gasteiger partial charge in [-0.05, 0) is 6.07 Å². The molecule has 0 aliphatic rings. The summed E-state index contributed by atoms with van der Waals surface area (Å²) in [4.78, 5) is 0. The SMILES string of the molecule is NCCOc1ccc(C(F)(F)F)nn1. The maximum absolute atomic E-state index is 12.0. The van der Waals surface area contributed by atoms with E-state index in [9.17, 15) is 13.2 Å². The van der Waals surface area contributed by atoms with Gasteiger partial charge in [0.25, 0.3) is 0 Å². The van der Waals surface area contributed by atoms with E-state index in [1.807, 2.05) is 0 Å². The Morgan fingerprint density at radius 3 is 2.43 bits per heavy atom. The van der Waals surface area contributed by atoms with Crippen LogP contribution in [0.5, 0.6) is 5.88 Å². The van der Waals surface area contributed by atoms with Crippen molar-refractivity contribution in [3.8, 4) is 5.88 Å². The molecule has 0 saturated heterocycles. The number of rotatable bonds is 3. The smallest absolute Gasteiger partial charge is 0.435 e. The van der Waals surface area contributed by atoms with Gasteiger partial charge in [-0.3, -0.25) is 0 Å². The van der Waals surface area contributed by atoms with E-state index in [1.165, 1.54) is 0 Å². The van der Waals surface area contributed by atoms with E-state index in [1.54, 1.807) is 0 Å². The molecule has 0 radical (unpaired) electrons. The number of aromatic nitrogens is 2. The highest BCUT2D eigenvalue weighted by Crippen LogP contribution is 2.27. The van der Waals surface area contributed by atoms with Crippen LogP contribution < -0.4 is 10.5 Å². The van der Waals surface area contributed by atoms with E-state index in [0.717, 1.165) is 12.1 Å². The second-order valence-electron chi connectivity index (χ2n) is 2.39. The topological polar surface area (TPSA) is 61.0 Å². The first-order chi connectivity index (χ1) is 6.54. The van der Waals surface area contributed by atoms with Gasteiger partial charge in [0.05, 0.1) is 0 Å². The van der Waals surface area contributed by atoms with Gasteiger partial charge in [0, 0.05) is 12.6 Å². The summed E-state index contributed by atoms with van der Waals surface area (Å²) in [6.07, 6.45) is -4.47. The molecule has 0 bridgehead atoms. The van der Waals surface area contributed by atoms with E-state index >= 15 is 0 Å². The number of nitrogens with zero attached hydrogens (tertiary/aromatic N) is 2. The van der Waals surface area contributed by atoms with Crippen molar-refractivity contribution in [2.24, 2.45) is 5.73 Å². The molecule has 0 unspecified atom stereocenters. The van der Waals surface area contributed by atoms with Crippen molar-refractivity contribution in [2.45, 2.75) is 6.18 Å². The lowest BCUT2D eigenvalue weighted by atomic mass is 10.4. The van der Waals surface area contributed by atoms with Crippen LogP contribution in [0.25, 0.3) is 0 Å². The van der Waals surface area contributed by atoms with Crippen LogP contribution in [0.1, 0.15) is 5.69 Å². The molecule has 0 aromatic carbocycles. The van der Waals surface area contributed by atoms with Crippen molar-refractivity contribution in [1.82, 2.24) is 10.2 Å². The monoisotopic (exact) mass is 207 g/mol. The molecular weight excluding hydrogens is 199 g/mol. The van der Waals surface area contributed by atoms with Crippen molar-refractivity contribution in [3.05, 3.63) is 17.8 Å². The van der Waals surface area contributed by atoms with Crippen molar-refractivity contribution in [1.29, 1.82) is 0 Å². The highest BCUT2D eigenvalue weighted by atomic mass is 19.4. The quantitative estimate of drug-likeness (QED) is 0.797. The average molecular weight is 207 g/mol. The Balaban J connectivity index is 2.69. The molecule has 0 atom stereocenters. The minimum atomic E-state index is -4.47. The predicted molar refractivity (Wildman–Crippen MR) is 41.6 cm³/mol. The number of hydrogen-bond acceptors (Lipinski definition) is 4. The van der Waals surface area contributed by atoms with Crippen molar-refractivity contribution in [3.63, 3.8) is 0 Å². The Kier molecular flexibility index (Phi) is 3.23. The van der Waals surface area contributed by atoms with E-state index in [-0.39, 0.29) is 19.0 Å². The summed E-state index contributed by atoms with van der Waals surface area (Å²) < 4.78 is 40.9. The van der Waals surface area contributed by atoms with Gasteiger partial charge in [-0.25, -0.2) is 0 Å². The van der Waals surface area contributed by atoms with E-state index in [0.29, 0.717) is 0 Å². The third-order valence-corrected chi connectivity index (χ3v) is 1.30. The molecule has 1 aromatic heterocycles. The molecule has 14 heavy (non-hydrogen) atoms. The summed E-state index contributed by atoms with van der Waals surface area (Å²) in [7, 11) is 0. The van der Waals surface area contributed by atoms with Crippen LogP contribution in [0.4, 0.5) is 13.2 Å². The third kappa shape index (κ3) is 2.84. The lowest BCUT2D eigenvalue weighted by Crippen LogP contribution is -2.13.